The van der Waals surface area contributed by atoms with Gasteiger partial charge in [-0.05, 0) is 25.0 Å². The Balaban J connectivity index is 1.81. The third kappa shape index (κ3) is 4.36. The molecule has 1 atom stereocenters. The Morgan fingerprint density at radius 1 is 1.48 bits per heavy atom. The van der Waals surface area contributed by atoms with Crippen molar-refractivity contribution in [1.82, 2.24) is 5.32 Å². The second kappa shape index (κ2) is 7.88. The summed E-state index contributed by atoms with van der Waals surface area (Å²) < 4.78 is 16.2. The molecule has 1 amide bonds. The Hall–Kier alpha value is -1.75. The number of hydrogen-bond acceptors (Lipinski definition) is 4. The zero-order valence-corrected chi connectivity index (χ0v) is 12.7. The predicted octanol–water partition coefficient (Wildman–Crippen LogP) is 1.79. The van der Waals surface area contributed by atoms with Gasteiger partial charge in [-0.3, -0.25) is 4.79 Å². The lowest BCUT2D eigenvalue weighted by Crippen LogP contribution is -2.35. The monoisotopic (exact) mass is 293 g/mol. The third-order valence-corrected chi connectivity index (χ3v) is 3.52. The van der Waals surface area contributed by atoms with E-state index in [4.69, 9.17) is 14.2 Å². The molecule has 2 rings (SSSR count). The number of methoxy groups -OCH3 is 1. The normalized spacial score (nSPS) is 16.8. The van der Waals surface area contributed by atoms with Gasteiger partial charge in [0, 0.05) is 25.5 Å². The van der Waals surface area contributed by atoms with Gasteiger partial charge in [-0.15, -0.1) is 0 Å². The first-order valence-electron chi connectivity index (χ1n) is 7.37. The molecule has 5 heteroatoms. The van der Waals surface area contributed by atoms with Gasteiger partial charge in [0.25, 0.3) is 0 Å². The highest BCUT2D eigenvalue weighted by molar-refractivity contribution is 5.75. The molecule has 0 spiro atoms. The molecule has 116 valence electrons. The standard InChI is InChI=1S/C16H23NO4/c1-3-20-8-7-15(18)17-10-12-9-13-5-4-6-14(19-2)16(13)21-11-12/h4-6,12H,3,7-11H2,1-2H3,(H,17,18)/t12-/m1/s1. The van der Waals surface area contributed by atoms with Crippen LogP contribution in [0.5, 0.6) is 11.5 Å². The largest absolute Gasteiger partial charge is 0.493 e. The fraction of sp³-hybridized carbons (Fsp3) is 0.562. The topological polar surface area (TPSA) is 56.8 Å². The van der Waals surface area contributed by atoms with Crippen molar-refractivity contribution in [2.45, 2.75) is 19.8 Å². The Morgan fingerprint density at radius 2 is 2.33 bits per heavy atom. The fourth-order valence-corrected chi connectivity index (χ4v) is 2.40. The van der Waals surface area contributed by atoms with Crippen molar-refractivity contribution < 1.29 is 19.0 Å². The van der Waals surface area contributed by atoms with Gasteiger partial charge < -0.3 is 19.5 Å². The van der Waals surface area contributed by atoms with Crippen molar-refractivity contribution in [3.63, 3.8) is 0 Å². The van der Waals surface area contributed by atoms with E-state index in [1.807, 2.05) is 25.1 Å². The zero-order chi connectivity index (χ0) is 15.1. The lowest BCUT2D eigenvalue weighted by Gasteiger charge is -2.26. The van der Waals surface area contributed by atoms with Crippen LogP contribution < -0.4 is 14.8 Å². The second-order valence-corrected chi connectivity index (χ2v) is 5.08. The Kier molecular flexibility index (Phi) is 5.87. The number of carbonyl (C=O) groups is 1. The molecule has 0 radical (unpaired) electrons. The molecule has 1 aliphatic rings. The highest BCUT2D eigenvalue weighted by Crippen LogP contribution is 2.35. The number of fused-ring (bicyclic) bond motifs is 1. The van der Waals surface area contributed by atoms with Crippen molar-refractivity contribution >= 4 is 5.91 Å². The number of carbonyl (C=O) groups excluding carboxylic acids is 1. The van der Waals surface area contributed by atoms with Gasteiger partial charge >= 0.3 is 0 Å². The molecular weight excluding hydrogens is 270 g/mol. The second-order valence-electron chi connectivity index (χ2n) is 5.08. The summed E-state index contributed by atoms with van der Waals surface area (Å²) in [5.41, 5.74) is 1.13. The van der Waals surface area contributed by atoms with Crippen LogP contribution in [-0.2, 0) is 16.0 Å². The van der Waals surface area contributed by atoms with Crippen LogP contribution in [0.15, 0.2) is 18.2 Å². The summed E-state index contributed by atoms with van der Waals surface area (Å²) in [5, 5.41) is 2.94. The maximum atomic E-state index is 11.7. The van der Waals surface area contributed by atoms with E-state index in [9.17, 15) is 4.79 Å². The van der Waals surface area contributed by atoms with Crippen molar-refractivity contribution in [3.8, 4) is 11.5 Å². The summed E-state index contributed by atoms with van der Waals surface area (Å²) >= 11 is 0. The van der Waals surface area contributed by atoms with Crippen molar-refractivity contribution in [1.29, 1.82) is 0 Å². The van der Waals surface area contributed by atoms with E-state index in [2.05, 4.69) is 5.32 Å². The van der Waals surface area contributed by atoms with Gasteiger partial charge in [-0.25, -0.2) is 0 Å². The lowest BCUT2D eigenvalue weighted by atomic mass is 9.96. The molecule has 0 unspecified atom stereocenters. The maximum Gasteiger partial charge on any atom is 0.222 e. The van der Waals surface area contributed by atoms with Crippen LogP contribution in [0.1, 0.15) is 18.9 Å². The van der Waals surface area contributed by atoms with Gasteiger partial charge in [-0.2, -0.15) is 0 Å². The van der Waals surface area contributed by atoms with E-state index in [0.29, 0.717) is 38.7 Å². The average molecular weight is 293 g/mol. The summed E-state index contributed by atoms with van der Waals surface area (Å²) in [6.07, 6.45) is 1.30. The van der Waals surface area contributed by atoms with Crippen LogP contribution in [0.25, 0.3) is 0 Å². The van der Waals surface area contributed by atoms with Gasteiger partial charge in [0.05, 0.1) is 20.3 Å². The first-order chi connectivity index (χ1) is 10.2. The van der Waals surface area contributed by atoms with Crippen LogP contribution in [0.2, 0.25) is 0 Å². The van der Waals surface area contributed by atoms with Gasteiger partial charge in [0.1, 0.15) is 0 Å². The highest BCUT2D eigenvalue weighted by atomic mass is 16.5. The number of amides is 1. The van der Waals surface area contributed by atoms with Gasteiger partial charge in [0.15, 0.2) is 11.5 Å². The van der Waals surface area contributed by atoms with E-state index in [0.717, 1.165) is 23.5 Å². The Morgan fingerprint density at radius 3 is 3.10 bits per heavy atom. The molecule has 1 heterocycles. The third-order valence-electron chi connectivity index (χ3n) is 3.52. The molecule has 5 nitrogen and oxygen atoms in total. The number of nitrogens with one attached hydrogen (secondary N) is 1. The van der Waals surface area contributed by atoms with Crippen LogP contribution in [0.4, 0.5) is 0 Å². The van der Waals surface area contributed by atoms with Gasteiger partial charge in [0.2, 0.25) is 5.91 Å². The molecule has 0 saturated heterocycles. The minimum Gasteiger partial charge on any atom is -0.493 e. The van der Waals surface area contributed by atoms with Crippen molar-refractivity contribution in [2.24, 2.45) is 5.92 Å². The first kappa shape index (κ1) is 15.6. The smallest absolute Gasteiger partial charge is 0.222 e. The molecule has 0 aliphatic carbocycles. The molecule has 1 aromatic carbocycles. The number of rotatable bonds is 7. The first-order valence-corrected chi connectivity index (χ1v) is 7.37. The molecule has 1 aromatic rings. The minimum atomic E-state index is 0.0277. The SMILES string of the molecule is CCOCCC(=O)NC[C@@H]1COc2c(cccc2OC)C1. The molecule has 1 N–H and O–H groups in total. The summed E-state index contributed by atoms with van der Waals surface area (Å²) in [7, 11) is 1.64. The minimum absolute atomic E-state index is 0.0277. The van der Waals surface area contributed by atoms with E-state index < -0.39 is 0 Å². The van der Waals surface area contributed by atoms with Crippen LogP contribution >= 0.6 is 0 Å². The van der Waals surface area contributed by atoms with Crippen LogP contribution in [0.3, 0.4) is 0 Å². The molecule has 0 bridgehead atoms. The molecule has 0 aromatic heterocycles. The van der Waals surface area contributed by atoms with Crippen LogP contribution in [-0.4, -0.2) is 39.4 Å². The molecule has 1 aliphatic heterocycles. The summed E-state index contributed by atoms with van der Waals surface area (Å²) in [4.78, 5) is 11.7. The molecule has 0 saturated carbocycles. The Labute approximate surface area is 125 Å². The molecule has 21 heavy (non-hydrogen) atoms. The molecular formula is C16H23NO4. The highest BCUT2D eigenvalue weighted by Gasteiger charge is 2.22. The van der Waals surface area contributed by atoms with Crippen molar-refractivity contribution in [2.75, 3.05) is 33.5 Å². The van der Waals surface area contributed by atoms with E-state index in [1.54, 1.807) is 7.11 Å². The molecule has 0 fully saturated rings. The number of ether oxygens (including phenoxy) is 3. The number of hydrogen-bond donors (Lipinski definition) is 1. The lowest BCUT2D eigenvalue weighted by molar-refractivity contribution is -0.122. The number of benzene rings is 1. The number of para-hydroxylation sites is 1. The predicted molar refractivity (Wildman–Crippen MR) is 79.8 cm³/mol. The summed E-state index contributed by atoms with van der Waals surface area (Å²) in [5.74, 6) is 1.92. The zero-order valence-electron chi connectivity index (χ0n) is 12.7. The summed E-state index contributed by atoms with van der Waals surface area (Å²) in [6, 6.07) is 5.90. The Bertz CT molecular complexity index is 475. The van der Waals surface area contributed by atoms with Crippen LogP contribution in [0, 0.1) is 5.92 Å². The van der Waals surface area contributed by atoms with Gasteiger partial charge in [-0.1, -0.05) is 12.1 Å². The quantitative estimate of drug-likeness (QED) is 0.779. The summed E-state index contributed by atoms with van der Waals surface area (Å²) in [6.45, 7) is 4.26. The van der Waals surface area contributed by atoms with E-state index >= 15 is 0 Å². The maximum absolute atomic E-state index is 11.7. The van der Waals surface area contributed by atoms with E-state index in [1.165, 1.54) is 0 Å². The van der Waals surface area contributed by atoms with E-state index in [-0.39, 0.29) is 5.91 Å². The van der Waals surface area contributed by atoms with Crippen molar-refractivity contribution in [3.05, 3.63) is 23.8 Å². The fourth-order valence-electron chi connectivity index (χ4n) is 2.40. The average Bonchev–Trinajstić information content (AvgIpc) is 2.52.